The molecule has 5 heteroatoms. The van der Waals surface area contributed by atoms with Crippen LogP contribution in [-0.2, 0) is 6.42 Å². The van der Waals surface area contributed by atoms with Crippen molar-refractivity contribution in [1.29, 1.82) is 0 Å². The third kappa shape index (κ3) is 7.84. The lowest BCUT2D eigenvalue weighted by molar-refractivity contribution is -0.254. The first-order valence-electron chi connectivity index (χ1n) is 10.4. The minimum atomic E-state index is -2.97. The topological polar surface area (TPSA) is 49.4 Å². The van der Waals surface area contributed by atoms with Gasteiger partial charge in [-0.3, -0.25) is 0 Å². The summed E-state index contributed by atoms with van der Waals surface area (Å²) in [5.74, 6) is -1.44. The molecule has 158 valence electrons. The first kappa shape index (κ1) is 22.9. The number of halogens is 2. The van der Waals surface area contributed by atoms with Crippen LogP contribution in [0, 0.1) is 0 Å². The van der Waals surface area contributed by atoms with Crippen LogP contribution in [0.1, 0.15) is 74.2 Å². The third-order valence-corrected chi connectivity index (χ3v) is 5.02. The number of aromatic carboxylic acids is 1. The molecule has 0 spiro atoms. The number of ether oxygens (including phenoxy) is 1. The number of carboxylic acid groups (broad SMARTS) is 1. The Kier molecular flexibility index (Phi) is 9.62. The van der Waals surface area contributed by atoms with Crippen LogP contribution in [0.3, 0.4) is 0 Å². The fourth-order valence-electron chi connectivity index (χ4n) is 3.43. The molecule has 0 fully saturated rings. The number of aryl methyl sites for hydroxylation is 1. The molecule has 0 radical (unpaired) electrons. The Hall–Kier alpha value is -2.43. The maximum absolute atomic E-state index is 12.5. The highest BCUT2D eigenvalue weighted by Gasteiger charge is 2.11. The minimum Gasteiger partial charge on any atom is -0.545 e. The molecule has 3 nitrogen and oxygen atoms in total. The summed E-state index contributed by atoms with van der Waals surface area (Å²) < 4.78 is 29.3. The van der Waals surface area contributed by atoms with Gasteiger partial charge in [-0.1, -0.05) is 76.1 Å². The zero-order chi connectivity index (χ0) is 21.1. The van der Waals surface area contributed by atoms with Crippen LogP contribution in [0.25, 0.3) is 11.1 Å². The smallest absolute Gasteiger partial charge is 0.387 e. The predicted molar refractivity (Wildman–Crippen MR) is 109 cm³/mol. The molecule has 0 aliphatic carbocycles. The summed E-state index contributed by atoms with van der Waals surface area (Å²) in [7, 11) is 0. The minimum absolute atomic E-state index is 0.0533. The van der Waals surface area contributed by atoms with Gasteiger partial charge in [-0.05, 0) is 47.7 Å². The molecule has 2 aromatic carbocycles. The van der Waals surface area contributed by atoms with Crippen LogP contribution in [0.2, 0.25) is 0 Å². The molecule has 0 bridgehead atoms. The summed E-state index contributed by atoms with van der Waals surface area (Å²) >= 11 is 0. The summed E-state index contributed by atoms with van der Waals surface area (Å²) in [5, 5.41) is 11.4. The van der Waals surface area contributed by atoms with Gasteiger partial charge < -0.3 is 14.6 Å². The molecule has 0 aromatic heterocycles. The summed E-state index contributed by atoms with van der Waals surface area (Å²) in [5.41, 5.74) is 2.06. The quantitative estimate of drug-likeness (QED) is 0.385. The lowest BCUT2D eigenvalue weighted by Crippen LogP contribution is -2.23. The fraction of sp³-hybridized carbons (Fsp3) is 0.458. The van der Waals surface area contributed by atoms with E-state index in [-0.39, 0.29) is 11.3 Å². The number of rotatable bonds is 13. The summed E-state index contributed by atoms with van der Waals surface area (Å²) in [6, 6.07) is 11.3. The Labute approximate surface area is 171 Å². The van der Waals surface area contributed by atoms with Crippen LogP contribution in [0.15, 0.2) is 42.5 Å². The van der Waals surface area contributed by atoms with E-state index in [1.165, 1.54) is 68.7 Å². The maximum Gasteiger partial charge on any atom is 0.387 e. The number of hydrogen-bond donors (Lipinski definition) is 0. The van der Waals surface area contributed by atoms with E-state index in [4.69, 9.17) is 0 Å². The largest absolute Gasteiger partial charge is 0.545 e. The highest BCUT2D eigenvalue weighted by atomic mass is 19.3. The molecule has 2 aromatic rings. The van der Waals surface area contributed by atoms with E-state index in [0.717, 1.165) is 12.8 Å². The molecule has 0 N–H and O–H groups in total. The molecular formula is C24H29F2O3-. The zero-order valence-electron chi connectivity index (χ0n) is 17.0. The van der Waals surface area contributed by atoms with E-state index in [1.807, 2.05) is 24.3 Å². The van der Waals surface area contributed by atoms with Crippen LogP contribution in [0.5, 0.6) is 5.75 Å². The van der Waals surface area contributed by atoms with E-state index < -0.39 is 12.6 Å². The van der Waals surface area contributed by atoms with Gasteiger partial charge in [0.2, 0.25) is 0 Å². The second kappa shape index (κ2) is 12.2. The van der Waals surface area contributed by atoms with Crippen molar-refractivity contribution in [3.05, 3.63) is 53.6 Å². The summed E-state index contributed by atoms with van der Waals surface area (Å²) in [4.78, 5) is 11.4. The summed E-state index contributed by atoms with van der Waals surface area (Å²) in [6.07, 6.45) is 11.1. The van der Waals surface area contributed by atoms with Crippen molar-refractivity contribution in [1.82, 2.24) is 0 Å². The fourth-order valence-corrected chi connectivity index (χ4v) is 3.43. The van der Waals surface area contributed by atoms with Crippen molar-refractivity contribution in [3.8, 4) is 16.9 Å². The van der Waals surface area contributed by atoms with E-state index in [1.54, 1.807) is 0 Å². The van der Waals surface area contributed by atoms with Crippen molar-refractivity contribution in [3.63, 3.8) is 0 Å². The average Bonchev–Trinajstić information content (AvgIpc) is 2.70. The van der Waals surface area contributed by atoms with E-state index >= 15 is 0 Å². The van der Waals surface area contributed by atoms with Crippen LogP contribution in [-0.4, -0.2) is 12.6 Å². The molecule has 0 unspecified atom stereocenters. The second-order valence-electron chi connectivity index (χ2n) is 7.30. The normalized spacial score (nSPS) is 11.0. The molecule has 0 heterocycles. The van der Waals surface area contributed by atoms with Gasteiger partial charge in [-0.2, -0.15) is 8.78 Å². The van der Waals surface area contributed by atoms with Gasteiger partial charge in [0.1, 0.15) is 5.75 Å². The van der Waals surface area contributed by atoms with E-state index in [2.05, 4.69) is 11.7 Å². The molecular weight excluding hydrogens is 374 g/mol. The Morgan fingerprint density at radius 1 is 0.931 bits per heavy atom. The first-order valence-corrected chi connectivity index (χ1v) is 10.4. The van der Waals surface area contributed by atoms with Gasteiger partial charge in [0.25, 0.3) is 0 Å². The number of benzene rings is 2. The van der Waals surface area contributed by atoms with Gasteiger partial charge >= 0.3 is 6.61 Å². The first-order chi connectivity index (χ1) is 14.0. The molecule has 2 rings (SSSR count). The molecule has 0 atom stereocenters. The van der Waals surface area contributed by atoms with E-state index in [9.17, 15) is 18.7 Å². The van der Waals surface area contributed by atoms with Crippen LogP contribution < -0.4 is 9.84 Å². The number of alkyl halides is 2. The van der Waals surface area contributed by atoms with Crippen molar-refractivity contribution in [2.24, 2.45) is 0 Å². The van der Waals surface area contributed by atoms with Crippen molar-refractivity contribution < 1.29 is 23.4 Å². The van der Waals surface area contributed by atoms with Gasteiger partial charge in [0, 0.05) is 5.56 Å². The molecule has 0 aliphatic heterocycles. The predicted octanol–water partition coefficient (Wildman–Crippen LogP) is 6.00. The highest BCUT2D eigenvalue weighted by molar-refractivity contribution is 5.95. The van der Waals surface area contributed by atoms with Gasteiger partial charge in [-0.15, -0.1) is 0 Å². The molecule has 0 aliphatic rings. The Bertz CT molecular complexity index is 757. The molecule has 0 saturated carbocycles. The number of unbranched alkanes of at least 4 members (excludes halogenated alkanes) is 7. The van der Waals surface area contributed by atoms with Gasteiger partial charge in [0.05, 0.1) is 5.97 Å². The highest BCUT2D eigenvalue weighted by Crippen LogP contribution is 2.29. The van der Waals surface area contributed by atoms with Gasteiger partial charge in [0.15, 0.2) is 0 Å². The Balaban J connectivity index is 1.94. The SMILES string of the molecule is CCCCCCCCCCc1ccc(-c2cc(OC(F)F)ccc2C(=O)[O-])cc1. The van der Waals surface area contributed by atoms with Crippen molar-refractivity contribution >= 4 is 5.97 Å². The van der Waals surface area contributed by atoms with Crippen LogP contribution >= 0.6 is 0 Å². The average molecular weight is 403 g/mol. The van der Waals surface area contributed by atoms with Crippen LogP contribution in [0.4, 0.5) is 8.78 Å². The molecule has 29 heavy (non-hydrogen) atoms. The number of carbonyl (C=O) groups is 1. The van der Waals surface area contributed by atoms with Gasteiger partial charge in [-0.25, -0.2) is 0 Å². The van der Waals surface area contributed by atoms with E-state index in [0.29, 0.717) is 11.1 Å². The second-order valence-corrected chi connectivity index (χ2v) is 7.30. The number of hydrogen-bond acceptors (Lipinski definition) is 3. The monoisotopic (exact) mass is 403 g/mol. The standard InChI is InChI=1S/C24H30F2O3/c1-2-3-4-5-6-7-8-9-10-18-11-13-19(14-12-18)22-17-20(29-24(25)26)15-16-21(22)23(27)28/h11-17,24H,2-10H2,1H3,(H,27,28)/p-1. The third-order valence-electron chi connectivity index (χ3n) is 5.02. The summed E-state index contributed by atoms with van der Waals surface area (Å²) in [6.45, 7) is -0.746. The Morgan fingerprint density at radius 3 is 2.14 bits per heavy atom. The Morgan fingerprint density at radius 2 is 1.55 bits per heavy atom. The lowest BCUT2D eigenvalue weighted by Gasteiger charge is -2.14. The lowest BCUT2D eigenvalue weighted by atomic mass is 9.97. The zero-order valence-corrected chi connectivity index (χ0v) is 17.0. The molecule has 0 saturated heterocycles. The van der Waals surface area contributed by atoms with Crippen molar-refractivity contribution in [2.75, 3.05) is 0 Å². The number of carbonyl (C=O) groups excluding carboxylic acids is 1. The number of carboxylic acids is 1. The van der Waals surface area contributed by atoms with Crippen molar-refractivity contribution in [2.45, 2.75) is 71.3 Å². The molecule has 0 amide bonds. The maximum atomic E-state index is 12.5.